The van der Waals surface area contributed by atoms with Crippen LogP contribution in [0, 0.1) is 0 Å². The van der Waals surface area contributed by atoms with Gasteiger partial charge in [-0.25, -0.2) is 15.0 Å². The molecule has 55 heavy (non-hydrogen) atoms. The summed E-state index contributed by atoms with van der Waals surface area (Å²) in [6, 6.07) is 63.3. The summed E-state index contributed by atoms with van der Waals surface area (Å²) in [4.78, 5) is 15.9. The number of benzene rings is 7. The van der Waals surface area contributed by atoms with Crippen molar-refractivity contribution in [3.05, 3.63) is 228 Å². The zero-order valence-corrected chi connectivity index (χ0v) is 30.1. The van der Waals surface area contributed by atoms with Crippen LogP contribution >= 0.6 is 0 Å². The average Bonchev–Trinajstić information content (AvgIpc) is 3.75. The van der Waals surface area contributed by atoms with Crippen molar-refractivity contribution in [1.29, 1.82) is 0 Å². The van der Waals surface area contributed by atoms with E-state index in [9.17, 15) is 0 Å². The molecule has 1 heterocycles. The Balaban J connectivity index is 1.13. The summed E-state index contributed by atoms with van der Waals surface area (Å²) in [6.07, 6.45) is 7.68. The number of allylic oxidation sites excluding steroid dienone is 4. The van der Waals surface area contributed by atoms with Crippen molar-refractivity contribution in [2.45, 2.75) is 17.8 Å². The van der Waals surface area contributed by atoms with Crippen LogP contribution in [0.25, 0.3) is 61.7 Å². The monoisotopic (exact) mass is 701 g/mol. The summed E-state index contributed by atoms with van der Waals surface area (Å²) in [6.45, 7) is 0. The lowest BCUT2D eigenvalue weighted by Crippen LogP contribution is -2.25. The number of nitrogens with zero attached hydrogens (tertiary/aromatic N) is 3. The summed E-state index contributed by atoms with van der Waals surface area (Å²) in [5, 5.41) is 0. The summed E-state index contributed by atoms with van der Waals surface area (Å²) < 4.78 is 0. The second-order valence-electron chi connectivity index (χ2n) is 14.6. The predicted octanol–water partition coefficient (Wildman–Crippen LogP) is 12.3. The Labute approximate surface area is 321 Å². The van der Waals surface area contributed by atoms with Crippen molar-refractivity contribution in [2.75, 3.05) is 0 Å². The summed E-state index contributed by atoms with van der Waals surface area (Å²) in [5.41, 5.74) is 16.3. The highest BCUT2D eigenvalue weighted by atomic mass is 15.0. The van der Waals surface area contributed by atoms with E-state index in [2.05, 4.69) is 188 Å². The van der Waals surface area contributed by atoms with Gasteiger partial charge in [0.05, 0.1) is 5.41 Å². The van der Waals surface area contributed by atoms with Crippen molar-refractivity contribution in [1.82, 2.24) is 15.0 Å². The van der Waals surface area contributed by atoms with E-state index in [1.54, 1.807) is 0 Å². The van der Waals surface area contributed by atoms with E-state index >= 15 is 0 Å². The van der Waals surface area contributed by atoms with Crippen LogP contribution < -0.4 is 0 Å². The second kappa shape index (κ2) is 12.6. The summed E-state index contributed by atoms with van der Waals surface area (Å²) in [7, 11) is 0. The van der Waals surface area contributed by atoms with E-state index in [1.807, 2.05) is 6.07 Å². The number of hydrogen-bond donors (Lipinski definition) is 0. The minimum Gasteiger partial charge on any atom is -0.208 e. The first-order valence-electron chi connectivity index (χ1n) is 19.1. The molecule has 1 unspecified atom stereocenters. The molecule has 0 saturated carbocycles. The molecule has 3 nitrogen and oxygen atoms in total. The van der Waals surface area contributed by atoms with Gasteiger partial charge in [-0.2, -0.15) is 0 Å². The molecule has 0 bridgehead atoms. The molecule has 1 spiro atoms. The van der Waals surface area contributed by atoms with Gasteiger partial charge in [0.15, 0.2) is 17.5 Å². The van der Waals surface area contributed by atoms with Crippen molar-refractivity contribution in [3.8, 4) is 56.2 Å². The Bertz CT molecular complexity index is 2790. The van der Waals surface area contributed by atoms with Crippen molar-refractivity contribution >= 4 is 5.57 Å². The fourth-order valence-corrected chi connectivity index (χ4v) is 9.29. The summed E-state index contributed by atoms with van der Waals surface area (Å²) >= 11 is 0. The lowest BCUT2D eigenvalue weighted by molar-refractivity contribution is 0.794. The van der Waals surface area contributed by atoms with Gasteiger partial charge in [0.2, 0.25) is 0 Å². The Morgan fingerprint density at radius 2 is 0.909 bits per heavy atom. The molecule has 7 aromatic carbocycles. The van der Waals surface area contributed by atoms with Crippen LogP contribution in [-0.4, -0.2) is 15.0 Å². The molecule has 0 aliphatic heterocycles. The topological polar surface area (TPSA) is 38.7 Å². The molecule has 0 amide bonds. The van der Waals surface area contributed by atoms with Gasteiger partial charge < -0.3 is 0 Å². The number of rotatable bonds is 5. The van der Waals surface area contributed by atoms with Crippen LogP contribution in [-0.2, 0) is 5.41 Å². The normalized spacial score (nSPS) is 15.6. The predicted molar refractivity (Wildman–Crippen MR) is 223 cm³/mol. The Hall–Kier alpha value is -6.97. The summed E-state index contributed by atoms with van der Waals surface area (Å²) in [5.74, 6) is 2.25. The maximum atomic E-state index is 5.36. The van der Waals surface area contributed by atoms with Crippen LogP contribution in [0.5, 0.6) is 0 Å². The molecular formula is C52H35N3. The maximum absolute atomic E-state index is 5.36. The van der Waals surface area contributed by atoms with E-state index in [-0.39, 0.29) is 5.92 Å². The smallest absolute Gasteiger partial charge is 0.164 e. The highest BCUT2D eigenvalue weighted by molar-refractivity contribution is 5.99. The first-order valence-corrected chi connectivity index (χ1v) is 19.1. The maximum Gasteiger partial charge on any atom is 0.164 e. The average molecular weight is 702 g/mol. The standard InChI is InChI=1S/C52H35N3/c1-3-15-34(16-4-1)36-29-31-37(32-30-36)49-53-50(39-20-13-19-38(33-39)35-17-5-2-6-18-35)55-51(54-49)43-24-14-28-47-48(43)42-23-9-12-27-46(42)52(47)44-25-10-7-21-40(44)41-22-8-11-26-45(41)52/h1-18,20-33,38H,19H2. The number of aromatic nitrogens is 3. The highest BCUT2D eigenvalue weighted by Crippen LogP contribution is 2.63. The molecule has 11 rings (SSSR count). The molecule has 1 atom stereocenters. The van der Waals surface area contributed by atoms with Gasteiger partial charge in [-0.05, 0) is 67.6 Å². The fraction of sp³-hybridized carbons (Fsp3) is 0.0577. The first-order chi connectivity index (χ1) is 27.3. The van der Waals surface area contributed by atoms with Crippen molar-refractivity contribution in [3.63, 3.8) is 0 Å². The van der Waals surface area contributed by atoms with E-state index in [0.29, 0.717) is 17.5 Å². The molecule has 8 aromatic rings. The van der Waals surface area contributed by atoms with Gasteiger partial charge in [-0.1, -0.05) is 194 Å². The SMILES string of the molecule is C1=CC(c2nc(-c3ccc(-c4ccccc4)cc3)nc(-c3cccc4c3-c3ccccc3C43c4ccccc4-c4ccccc43)n2)=CC(c2ccccc2)C1. The van der Waals surface area contributed by atoms with Crippen molar-refractivity contribution < 1.29 is 0 Å². The van der Waals surface area contributed by atoms with Gasteiger partial charge in [0.1, 0.15) is 0 Å². The van der Waals surface area contributed by atoms with Crippen LogP contribution in [0.4, 0.5) is 0 Å². The third kappa shape index (κ3) is 4.86. The van der Waals surface area contributed by atoms with Gasteiger partial charge in [0, 0.05) is 22.6 Å². The first kappa shape index (κ1) is 31.5. The van der Waals surface area contributed by atoms with Gasteiger partial charge in [-0.15, -0.1) is 0 Å². The number of fused-ring (bicyclic) bond motifs is 10. The third-order valence-electron chi connectivity index (χ3n) is 11.7. The minimum atomic E-state index is -0.446. The zero-order valence-electron chi connectivity index (χ0n) is 30.1. The molecule has 0 radical (unpaired) electrons. The third-order valence-corrected chi connectivity index (χ3v) is 11.7. The fourth-order valence-electron chi connectivity index (χ4n) is 9.29. The Morgan fingerprint density at radius 1 is 0.400 bits per heavy atom. The van der Waals surface area contributed by atoms with Crippen LogP contribution in [0.15, 0.2) is 194 Å². The number of hydrogen-bond acceptors (Lipinski definition) is 3. The van der Waals surface area contributed by atoms with Crippen LogP contribution in [0.1, 0.15) is 46.0 Å². The van der Waals surface area contributed by atoms with E-state index in [0.717, 1.165) is 28.7 Å². The quantitative estimate of drug-likeness (QED) is 0.179. The van der Waals surface area contributed by atoms with Crippen molar-refractivity contribution in [2.24, 2.45) is 0 Å². The van der Waals surface area contributed by atoms with E-state index < -0.39 is 5.41 Å². The molecule has 258 valence electrons. The lowest BCUT2D eigenvalue weighted by atomic mass is 9.70. The van der Waals surface area contributed by atoms with Gasteiger partial charge >= 0.3 is 0 Å². The minimum absolute atomic E-state index is 0.241. The molecule has 3 heteroatoms. The Kier molecular flexibility index (Phi) is 7.21. The van der Waals surface area contributed by atoms with Gasteiger partial charge in [-0.3, -0.25) is 0 Å². The van der Waals surface area contributed by atoms with Gasteiger partial charge in [0.25, 0.3) is 0 Å². The largest absolute Gasteiger partial charge is 0.208 e. The molecule has 0 N–H and O–H groups in total. The molecule has 0 fully saturated rings. The van der Waals surface area contributed by atoms with E-state index in [4.69, 9.17) is 15.0 Å². The molecular weight excluding hydrogens is 667 g/mol. The lowest BCUT2D eigenvalue weighted by Gasteiger charge is -2.30. The van der Waals surface area contributed by atoms with Crippen LogP contribution in [0.3, 0.4) is 0 Å². The highest BCUT2D eigenvalue weighted by Gasteiger charge is 2.52. The molecule has 3 aliphatic rings. The van der Waals surface area contributed by atoms with E-state index in [1.165, 1.54) is 55.6 Å². The molecule has 1 aromatic heterocycles. The Morgan fingerprint density at radius 3 is 1.62 bits per heavy atom. The van der Waals surface area contributed by atoms with Crippen LogP contribution in [0.2, 0.25) is 0 Å². The zero-order chi connectivity index (χ0) is 36.3. The molecule has 3 aliphatic carbocycles. The molecule has 0 saturated heterocycles. The second-order valence-corrected chi connectivity index (χ2v) is 14.6.